The topological polar surface area (TPSA) is 151 Å². The first-order valence-corrected chi connectivity index (χ1v) is 13.7. The summed E-state index contributed by atoms with van der Waals surface area (Å²) < 4.78 is 27.9. The van der Waals surface area contributed by atoms with Gasteiger partial charge in [-0.3, -0.25) is 24.0 Å². The molecule has 0 aliphatic carbocycles. The van der Waals surface area contributed by atoms with Crippen LogP contribution in [0.5, 0.6) is 0 Å². The van der Waals surface area contributed by atoms with Gasteiger partial charge in [-0.1, -0.05) is 60.7 Å². The molecule has 0 bridgehead atoms. The number of para-hydroxylation sites is 2. The molecule has 12 heteroatoms. The molecule has 208 valence electrons. The standard InChI is InChI=1S/C29H25N5O6S/c1-21(23-13-10-14-24(19-23)30-29(36)22-11-4-2-5-12-22)31-32-28(35)20-33(25-15-6-3-7-16-25)41(39,40)27-18-9-8-17-26(27)34(37)38/h2-19H,20H2,1H3,(H,30,36)(H,32,35)/b31-21-. The first-order chi connectivity index (χ1) is 19.7. The van der Waals surface area contributed by atoms with Crippen molar-refractivity contribution in [2.24, 2.45) is 5.10 Å². The monoisotopic (exact) mass is 571 g/mol. The summed E-state index contributed by atoms with van der Waals surface area (Å²) in [6, 6.07) is 28.3. The molecule has 0 spiro atoms. The molecule has 0 radical (unpaired) electrons. The Morgan fingerprint density at radius 3 is 2.15 bits per heavy atom. The van der Waals surface area contributed by atoms with E-state index in [-0.39, 0.29) is 11.6 Å². The number of hydrogen-bond donors (Lipinski definition) is 2. The van der Waals surface area contributed by atoms with Crippen molar-refractivity contribution < 1.29 is 22.9 Å². The molecular weight excluding hydrogens is 546 g/mol. The Hall–Kier alpha value is -5.36. The molecule has 0 fully saturated rings. The first-order valence-electron chi connectivity index (χ1n) is 12.3. The van der Waals surface area contributed by atoms with E-state index in [0.29, 0.717) is 22.5 Å². The summed E-state index contributed by atoms with van der Waals surface area (Å²) in [5.41, 5.74) is 3.89. The smallest absolute Gasteiger partial charge is 0.289 e. The molecule has 0 heterocycles. The van der Waals surface area contributed by atoms with Gasteiger partial charge in [0.25, 0.3) is 27.5 Å². The van der Waals surface area contributed by atoms with Crippen molar-refractivity contribution in [3.63, 3.8) is 0 Å². The number of nitro benzene ring substituents is 1. The summed E-state index contributed by atoms with van der Waals surface area (Å²) in [5.74, 6) is -1.06. The maximum absolute atomic E-state index is 13.6. The predicted octanol–water partition coefficient (Wildman–Crippen LogP) is 4.58. The number of carbonyl (C=O) groups excluding carboxylic acids is 2. The van der Waals surface area contributed by atoms with E-state index in [2.05, 4.69) is 15.8 Å². The van der Waals surface area contributed by atoms with Gasteiger partial charge in [-0.25, -0.2) is 13.8 Å². The number of hydrogen-bond acceptors (Lipinski definition) is 7. The van der Waals surface area contributed by atoms with Crippen LogP contribution >= 0.6 is 0 Å². The highest BCUT2D eigenvalue weighted by Crippen LogP contribution is 2.29. The molecule has 0 aliphatic rings. The van der Waals surface area contributed by atoms with Crippen molar-refractivity contribution >= 4 is 44.6 Å². The van der Waals surface area contributed by atoms with E-state index in [4.69, 9.17) is 0 Å². The number of nitrogens with one attached hydrogen (secondary N) is 2. The van der Waals surface area contributed by atoms with E-state index in [1.807, 2.05) is 6.07 Å². The molecule has 0 aliphatic heterocycles. The molecular formula is C29H25N5O6S. The Kier molecular flexibility index (Phi) is 8.85. The minimum atomic E-state index is -4.51. The second kappa shape index (κ2) is 12.7. The van der Waals surface area contributed by atoms with E-state index in [1.54, 1.807) is 73.7 Å². The number of rotatable bonds is 10. The lowest BCUT2D eigenvalue weighted by Crippen LogP contribution is -2.40. The van der Waals surface area contributed by atoms with Crippen LogP contribution in [0.4, 0.5) is 17.1 Å². The number of benzene rings is 4. The maximum Gasteiger partial charge on any atom is 0.289 e. The molecule has 41 heavy (non-hydrogen) atoms. The summed E-state index contributed by atoms with van der Waals surface area (Å²) in [5, 5.41) is 18.4. The number of carbonyl (C=O) groups is 2. The highest BCUT2D eigenvalue weighted by atomic mass is 32.2. The quantitative estimate of drug-likeness (QED) is 0.162. The van der Waals surface area contributed by atoms with Gasteiger partial charge in [-0.2, -0.15) is 5.10 Å². The largest absolute Gasteiger partial charge is 0.322 e. The Bertz CT molecular complexity index is 1710. The lowest BCUT2D eigenvalue weighted by molar-refractivity contribution is -0.387. The lowest BCUT2D eigenvalue weighted by Gasteiger charge is -2.23. The van der Waals surface area contributed by atoms with Crippen LogP contribution in [0.25, 0.3) is 0 Å². The summed E-state index contributed by atoms with van der Waals surface area (Å²) >= 11 is 0. The molecule has 4 rings (SSSR count). The van der Waals surface area contributed by atoms with Crippen LogP contribution in [0.1, 0.15) is 22.8 Å². The zero-order valence-corrected chi connectivity index (χ0v) is 22.6. The molecule has 0 unspecified atom stereocenters. The van der Waals surface area contributed by atoms with Gasteiger partial charge in [0.2, 0.25) is 0 Å². The Morgan fingerprint density at radius 2 is 1.46 bits per heavy atom. The Morgan fingerprint density at radius 1 is 0.854 bits per heavy atom. The van der Waals surface area contributed by atoms with E-state index in [1.165, 1.54) is 24.3 Å². The average molecular weight is 572 g/mol. The van der Waals surface area contributed by atoms with E-state index in [0.717, 1.165) is 16.4 Å². The van der Waals surface area contributed by atoms with E-state index >= 15 is 0 Å². The second-order valence-corrected chi connectivity index (χ2v) is 10.5. The zero-order valence-electron chi connectivity index (χ0n) is 21.8. The fourth-order valence-corrected chi connectivity index (χ4v) is 5.43. The van der Waals surface area contributed by atoms with Crippen molar-refractivity contribution in [3.8, 4) is 0 Å². The third kappa shape index (κ3) is 6.99. The molecule has 4 aromatic carbocycles. The Labute approximate surface area is 236 Å². The summed E-state index contributed by atoms with van der Waals surface area (Å²) in [7, 11) is -4.51. The van der Waals surface area contributed by atoms with E-state index in [9.17, 15) is 28.1 Å². The maximum atomic E-state index is 13.6. The first kappa shape index (κ1) is 28.6. The fraction of sp³-hybridized carbons (Fsp3) is 0.0690. The van der Waals surface area contributed by atoms with Crippen molar-refractivity contribution in [2.75, 3.05) is 16.2 Å². The molecule has 2 N–H and O–H groups in total. The van der Waals surface area contributed by atoms with Crippen molar-refractivity contribution in [1.82, 2.24) is 5.43 Å². The van der Waals surface area contributed by atoms with Crippen molar-refractivity contribution in [2.45, 2.75) is 11.8 Å². The van der Waals surface area contributed by atoms with Gasteiger partial charge in [0.1, 0.15) is 6.54 Å². The highest BCUT2D eigenvalue weighted by molar-refractivity contribution is 7.93. The number of nitrogens with zero attached hydrogens (tertiary/aromatic N) is 3. The third-order valence-corrected chi connectivity index (χ3v) is 7.71. The normalized spacial score (nSPS) is 11.4. The van der Waals surface area contributed by atoms with Crippen LogP contribution in [-0.2, 0) is 14.8 Å². The van der Waals surface area contributed by atoms with Crippen LogP contribution in [0.3, 0.4) is 0 Å². The van der Waals surface area contributed by atoms with Gasteiger partial charge in [0.15, 0.2) is 4.90 Å². The van der Waals surface area contributed by atoms with Gasteiger partial charge < -0.3 is 5.32 Å². The minimum absolute atomic E-state index is 0.142. The third-order valence-electron chi connectivity index (χ3n) is 5.88. The molecule has 0 atom stereocenters. The number of sulfonamides is 1. The van der Waals surface area contributed by atoms with Gasteiger partial charge >= 0.3 is 0 Å². The van der Waals surface area contributed by atoms with Crippen LogP contribution in [0, 0.1) is 10.1 Å². The SMILES string of the molecule is C/C(=N/NC(=O)CN(c1ccccc1)S(=O)(=O)c1ccccc1[N+](=O)[O-])c1cccc(NC(=O)c2ccccc2)c1. The molecule has 0 saturated heterocycles. The summed E-state index contributed by atoms with van der Waals surface area (Å²) in [6.07, 6.45) is 0. The average Bonchev–Trinajstić information content (AvgIpc) is 2.99. The number of hydrazone groups is 1. The molecule has 0 saturated carbocycles. The van der Waals surface area contributed by atoms with Gasteiger partial charge in [-0.15, -0.1) is 0 Å². The molecule has 2 amide bonds. The minimum Gasteiger partial charge on any atom is -0.322 e. The van der Waals surface area contributed by atoms with Crippen molar-refractivity contribution in [1.29, 1.82) is 0 Å². The van der Waals surface area contributed by atoms with Crippen molar-refractivity contribution in [3.05, 3.63) is 130 Å². The second-order valence-electron chi connectivity index (χ2n) is 8.71. The summed E-state index contributed by atoms with van der Waals surface area (Å²) in [6.45, 7) is 0.944. The van der Waals surface area contributed by atoms with E-state index < -0.39 is 38.0 Å². The van der Waals surface area contributed by atoms with Crippen LogP contribution in [-0.4, -0.2) is 37.4 Å². The van der Waals surface area contributed by atoms with Gasteiger partial charge in [0.05, 0.1) is 16.3 Å². The van der Waals surface area contributed by atoms with Gasteiger partial charge in [-0.05, 0) is 55.0 Å². The van der Waals surface area contributed by atoms with Crippen LogP contribution in [0.15, 0.2) is 119 Å². The van der Waals surface area contributed by atoms with Gasteiger partial charge in [0, 0.05) is 17.3 Å². The number of amides is 2. The number of anilines is 2. The fourth-order valence-electron chi connectivity index (χ4n) is 3.85. The zero-order chi connectivity index (χ0) is 29.4. The predicted molar refractivity (Wildman–Crippen MR) is 155 cm³/mol. The molecule has 4 aromatic rings. The van der Waals surface area contributed by atoms with Crippen LogP contribution in [0.2, 0.25) is 0 Å². The highest BCUT2D eigenvalue weighted by Gasteiger charge is 2.33. The molecule has 11 nitrogen and oxygen atoms in total. The Balaban J connectivity index is 1.53. The lowest BCUT2D eigenvalue weighted by atomic mass is 10.1. The summed E-state index contributed by atoms with van der Waals surface area (Å²) in [4.78, 5) is 35.6. The molecule has 0 aromatic heterocycles. The number of nitro groups is 1. The van der Waals surface area contributed by atoms with Crippen LogP contribution < -0.4 is 15.0 Å².